The average molecular weight is 292 g/mol. The summed E-state index contributed by atoms with van der Waals surface area (Å²) in [7, 11) is 1.67. The Balaban J connectivity index is 2.29. The van der Waals surface area contributed by atoms with Crippen LogP contribution >= 0.6 is 11.6 Å². The summed E-state index contributed by atoms with van der Waals surface area (Å²) in [6.45, 7) is 3.97. The van der Waals surface area contributed by atoms with Gasteiger partial charge < -0.3 is 10.5 Å². The molecule has 2 aromatic rings. The molecule has 0 fully saturated rings. The minimum atomic E-state index is -0.218. The second-order valence-electron chi connectivity index (χ2n) is 4.75. The first-order chi connectivity index (χ1) is 9.54. The van der Waals surface area contributed by atoms with E-state index >= 15 is 0 Å². The van der Waals surface area contributed by atoms with Crippen molar-refractivity contribution in [1.82, 2.24) is 9.97 Å². The van der Waals surface area contributed by atoms with E-state index in [-0.39, 0.29) is 6.04 Å². The van der Waals surface area contributed by atoms with Crippen LogP contribution in [0, 0.1) is 13.8 Å². The molecule has 0 radical (unpaired) electrons. The zero-order valence-electron chi connectivity index (χ0n) is 11.9. The Hall–Kier alpha value is -1.65. The van der Waals surface area contributed by atoms with Gasteiger partial charge in [-0.25, -0.2) is 0 Å². The van der Waals surface area contributed by atoms with Crippen LogP contribution in [0.15, 0.2) is 24.7 Å². The zero-order valence-corrected chi connectivity index (χ0v) is 12.6. The summed E-state index contributed by atoms with van der Waals surface area (Å²) in [6.07, 6.45) is 5.71. The first kappa shape index (κ1) is 14.8. The minimum Gasteiger partial charge on any atom is -0.496 e. The molecule has 0 saturated carbocycles. The molecule has 106 valence electrons. The molecule has 0 amide bonds. The Bertz CT molecular complexity index is 616. The van der Waals surface area contributed by atoms with Crippen molar-refractivity contribution >= 4 is 11.6 Å². The van der Waals surface area contributed by atoms with Crippen molar-refractivity contribution in [3.05, 3.63) is 52.1 Å². The fourth-order valence-electron chi connectivity index (χ4n) is 2.28. The van der Waals surface area contributed by atoms with Crippen molar-refractivity contribution in [2.75, 3.05) is 7.11 Å². The number of nitrogens with two attached hydrogens (primary N) is 1. The monoisotopic (exact) mass is 291 g/mol. The third kappa shape index (κ3) is 2.92. The predicted molar refractivity (Wildman–Crippen MR) is 80.1 cm³/mol. The molecule has 0 aliphatic heterocycles. The number of nitrogens with zero attached hydrogens (tertiary/aromatic N) is 2. The number of halogens is 1. The summed E-state index contributed by atoms with van der Waals surface area (Å²) >= 11 is 6.12. The molecular formula is C15H18ClN3O. The highest BCUT2D eigenvalue weighted by Gasteiger charge is 2.15. The standard InChI is InChI=1S/C15H18ClN3O/c1-9-7-19-14(10(2)15(9)20-3)6-13(17)11-4-5-18-8-12(11)16/h4-5,7-8,13H,6,17H2,1-3H3. The summed E-state index contributed by atoms with van der Waals surface area (Å²) in [5, 5.41) is 0.580. The molecular weight excluding hydrogens is 274 g/mol. The fourth-order valence-corrected chi connectivity index (χ4v) is 2.54. The van der Waals surface area contributed by atoms with Gasteiger partial charge in [-0.05, 0) is 25.5 Å². The second kappa shape index (κ2) is 6.20. The molecule has 20 heavy (non-hydrogen) atoms. The molecule has 0 aliphatic carbocycles. The Morgan fingerprint density at radius 2 is 2.10 bits per heavy atom. The van der Waals surface area contributed by atoms with E-state index in [1.165, 1.54) is 0 Å². The van der Waals surface area contributed by atoms with Crippen LogP contribution in [0.5, 0.6) is 5.75 Å². The van der Waals surface area contributed by atoms with E-state index in [2.05, 4.69) is 9.97 Å². The van der Waals surface area contributed by atoms with E-state index in [4.69, 9.17) is 22.1 Å². The lowest BCUT2D eigenvalue weighted by Crippen LogP contribution is -2.16. The van der Waals surface area contributed by atoms with Crippen molar-refractivity contribution < 1.29 is 4.74 Å². The Labute approximate surface area is 124 Å². The molecule has 1 atom stereocenters. The van der Waals surface area contributed by atoms with Crippen LogP contribution in [0.3, 0.4) is 0 Å². The molecule has 0 spiro atoms. The van der Waals surface area contributed by atoms with Crippen molar-refractivity contribution in [1.29, 1.82) is 0 Å². The summed E-state index contributed by atoms with van der Waals surface area (Å²) in [5.74, 6) is 0.864. The van der Waals surface area contributed by atoms with E-state index in [0.29, 0.717) is 11.4 Å². The van der Waals surface area contributed by atoms with Gasteiger partial charge in [0.25, 0.3) is 0 Å². The van der Waals surface area contributed by atoms with Gasteiger partial charge in [0, 0.05) is 47.9 Å². The normalized spacial score (nSPS) is 12.2. The molecule has 0 aromatic carbocycles. The third-order valence-electron chi connectivity index (χ3n) is 3.37. The molecule has 0 bridgehead atoms. The zero-order chi connectivity index (χ0) is 14.7. The maximum atomic E-state index is 6.23. The lowest BCUT2D eigenvalue weighted by Gasteiger charge is -2.16. The number of hydrogen-bond donors (Lipinski definition) is 1. The average Bonchev–Trinajstić information content (AvgIpc) is 2.43. The van der Waals surface area contributed by atoms with Crippen LogP contribution in [0.4, 0.5) is 0 Å². The summed E-state index contributed by atoms with van der Waals surface area (Å²) in [4.78, 5) is 8.43. The highest BCUT2D eigenvalue weighted by Crippen LogP contribution is 2.28. The molecule has 2 N–H and O–H groups in total. The van der Waals surface area contributed by atoms with Gasteiger partial charge in [-0.2, -0.15) is 0 Å². The smallest absolute Gasteiger partial charge is 0.128 e. The lowest BCUT2D eigenvalue weighted by molar-refractivity contribution is 0.406. The van der Waals surface area contributed by atoms with E-state index in [0.717, 1.165) is 28.1 Å². The lowest BCUT2D eigenvalue weighted by atomic mass is 10.00. The van der Waals surface area contributed by atoms with Crippen LogP contribution in [0.25, 0.3) is 0 Å². The van der Waals surface area contributed by atoms with Gasteiger partial charge in [0.1, 0.15) is 5.75 Å². The van der Waals surface area contributed by atoms with Crippen LogP contribution in [-0.2, 0) is 6.42 Å². The first-order valence-corrected chi connectivity index (χ1v) is 6.76. The van der Waals surface area contributed by atoms with Crippen molar-refractivity contribution in [2.45, 2.75) is 26.3 Å². The van der Waals surface area contributed by atoms with Crippen LogP contribution in [0.2, 0.25) is 5.02 Å². The van der Waals surface area contributed by atoms with Crippen molar-refractivity contribution in [3.63, 3.8) is 0 Å². The summed E-state index contributed by atoms with van der Waals surface area (Å²) < 4.78 is 5.41. The van der Waals surface area contributed by atoms with Crippen LogP contribution in [-0.4, -0.2) is 17.1 Å². The van der Waals surface area contributed by atoms with Gasteiger partial charge in [-0.15, -0.1) is 0 Å². The van der Waals surface area contributed by atoms with Gasteiger partial charge in [-0.1, -0.05) is 11.6 Å². The molecule has 2 aromatic heterocycles. The number of ether oxygens (including phenoxy) is 1. The van der Waals surface area contributed by atoms with E-state index in [1.54, 1.807) is 19.5 Å². The maximum Gasteiger partial charge on any atom is 0.128 e. The molecule has 2 heterocycles. The molecule has 2 rings (SSSR count). The minimum absolute atomic E-state index is 0.218. The highest BCUT2D eigenvalue weighted by atomic mass is 35.5. The Kier molecular flexibility index (Phi) is 4.57. The first-order valence-electron chi connectivity index (χ1n) is 6.38. The highest BCUT2D eigenvalue weighted by molar-refractivity contribution is 6.31. The van der Waals surface area contributed by atoms with E-state index in [9.17, 15) is 0 Å². The second-order valence-corrected chi connectivity index (χ2v) is 5.16. The number of hydrogen-bond acceptors (Lipinski definition) is 4. The number of aryl methyl sites for hydroxylation is 1. The van der Waals surface area contributed by atoms with Crippen molar-refractivity contribution in [3.8, 4) is 5.75 Å². The number of pyridine rings is 2. The van der Waals surface area contributed by atoms with E-state index in [1.807, 2.05) is 26.1 Å². The van der Waals surface area contributed by atoms with Gasteiger partial charge in [0.2, 0.25) is 0 Å². The van der Waals surface area contributed by atoms with Gasteiger partial charge in [0.05, 0.1) is 12.1 Å². The largest absolute Gasteiger partial charge is 0.496 e. The van der Waals surface area contributed by atoms with Crippen LogP contribution in [0.1, 0.15) is 28.4 Å². The van der Waals surface area contributed by atoms with Gasteiger partial charge >= 0.3 is 0 Å². The molecule has 4 nitrogen and oxygen atoms in total. The molecule has 5 heteroatoms. The Morgan fingerprint density at radius 1 is 1.35 bits per heavy atom. The number of methoxy groups -OCH3 is 1. The van der Waals surface area contributed by atoms with E-state index < -0.39 is 0 Å². The van der Waals surface area contributed by atoms with Gasteiger partial charge in [-0.3, -0.25) is 9.97 Å². The SMILES string of the molecule is COc1c(C)cnc(CC(N)c2ccncc2Cl)c1C. The van der Waals surface area contributed by atoms with Gasteiger partial charge in [0.15, 0.2) is 0 Å². The van der Waals surface area contributed by atoms with Crippen LogP contribution < -0.4 is 10.5 Å². The predicted octanol–water partition coefficient (Wildman–Crippen LogP) is 3.00. The Morgan fingerprint density at radius 3 is 2.75 bits per heavy atom. The summed E-state index contributed by atoms with van der Waals surface area (Å²) in [6, 6.07) is 1.62. The third-order valence-corrected chi connectivity index (χ3v) is 3.68. The molecule has 0 saturated heterocycles. The number of rotatable bonds is 4. The quantitative estimate of drug-likeness (QED) is 0.941. The van der Waals surface area contributed by atoms with Crippen molar-refractivity contribution in [2.24, 2.45) is 5.73 Å². The summed E-state index contributed by atoms with van der Waals surface area (Å²) in [5.41, 5.74) is 10.1. The molecule has 1 unspecified atom stereocenters. The fraction of sp³-hybridized carbons (Fsp3) is 0.333. The molecule has 0 aliphatic rings. The topological polar surface area (TPSA) is 61.0 Å². The number of aromatic nitrogens is 2. The maximum absolute atomic E-state index is 6.23.